The van der Waals surface area contributed by atoms with Gasteiger partial charge < -0.3 is 8.60 Å². The fourth-order valence-corrected chi connectivity index (χ4v) is 4.13. The van der Waals surface area contributed by atoms with Crippen LogP contribution in [-0.4, -0.2) is 8.42 Å². The first-order chi connectivity index (χ1) is 10.4. The summed E-state index contributed by atoms with van der Waals surface area (Å²) < 4.78 is 34.7. The van der Waals surface area contributed by atoms with Gasteiger partial charge in [-0.1, -0.05) is 41.4 Å². The fraction of sp³-hybridized carbons (Fsp3) is 0. The van der Waals surface area contributed by atoms with E-state index in [9.17, 15) is 13.2 Å². The third-order valence-corrected chi connectivity index (χ3v) is 5.55. The Morgan fingerprint density at radius 2 is 1.82 bits per heavy atom. The molecule has 0 radical (unpaired) electrons. The first kappa shape index (κ1) is 15.4. The van der Waals surface area contributed by atoms with Crippen molar-refractivity contribution in [1.29, 1.82) is 0 Å². The maximum Gasteiger partial charge on any atom is 0.396 e. The molecule has 1 heterocycles. The number of hydrogen-bond acceptors (Lipinski definition) is 6. The van der Waals surface area contributed by atoms with E-state index in [0.29, 0.717) is 0 Å². The van der Waals surface area contributed by atoms with E-state index in [1.165, 1.54) is 18.2 Å². The second kappa shape index (κ2) is 5.58. The molecule has 0 amide bonds. The van der Waals surface area contributed by atoms with Crippen LogP contribution in [0.5, 0.6) is 5.75 Å². The van der Waals surface area contributed by atoms with E-state index in [1.807, 2.05) is 0 Å². The summed E-state index contributed by atoms with van der Waals surface area (Å²) in [6.45, 7) is 0. The van der Waals surface area contributed by atoms with Gasteiger partial charge in [-0.25, -0.2) is 4.79 Å². The molecule has 0 aliphatic carbocycles. The Hall–Kier alpha value is -1.54. The minimum atomic E-state index is -4.09. The Kier molecular flexibility index (Phi) is 3.90. The largest absolute Gasteiger partial charge is 0.414 e. The van der Waals surface area contributed by atoms with E-state index < -0.39 is 15.1 Å². The zero-order valence-corrected chi connectivity index (χ0v) is 13.7. The summed E-state index contributed by atoms with van der Waals surface area (Å²) in [6.07, 6.45) is 0. The molecular formula is C13H6Cl2O5S2. The SMILES string of the molecule is O=c1oc2cc(Cl)c(OS(=O)(=O)c3ccccc3)c(Cl)c2s1. The van der Waals surface area contributed by atoms with Crippen LogP contribution in [0.2, 0.25) is 10.0 Å². The average Bonchev–Trinajstić information content (AvgIpc) is 2.85. The lowest BCUT2D eigenvalue weighted by Gasteiger charge is -2.10. The minimum Gasteiger partial charge on any atom is -0.414 e. The van der Waals surface area contributed by atoms with Crippen LogP contribution in [0, 0.1) is 0 Å². The van der Waals surface area contributed by atoms with Crippen LogP contribution in [0.4, 0.5) is 0 Å². The molecule has 0 saturated carbocycles. The molecule has 22 heavy (non-hydrogen) atoms. The topological polar surface area (TPSA) is 73.6 Å². The molecule has 0 unspecified atom stereocenters. The maximum atomic E-state index is 12.2. The molecule has 0 saturated heterocycles. The van der Waals surface area contributed by atoms with Gasteiger partial charge in [0.2, 0.25) is 0 Å². The van der Waals surface area contributed by atoms with Crippen LogP contribution in [0.15, 0.2) is 50.5 Å². The molecular weight excluding hydrogens is 371 g/mol. The molecule has 9 heteroatoms. The first-order valence-electron chi connectivity index (χ1n) is 5.79. The first-order valence-corrected chi connectivity index (χ1v) is 8.78. The van der Waals surface area contributed by atoms with Crippen molar-refractivity contribution in [2.45, 2.75) is 4.90 Å². The number of halogens is 2. The van der Waals surface area contributed by atoms with Crippen LogP contribution in [0.1, 0.15) is 0 Å². The standard InChI is InChI=1S/C13H6Cl2O5S2/c14-8-6-9-12(21-13(16)19-9)10(15)11(8)20-22(17,18)7-4-2-1-3-5-7/h1-6H. The highest BCUT2D eigenvalue weighted by Gasteiger charge is 2.23. The lowest BCUT2D eigenvalue weighted by atomic mass is 10.3. The van der Waals surface area contributed by atoms with Crippen LogP contribution in [-0.2, 0) is 10.1 Å². The van der Waals surface area contributed by atoms with Crippen molar-refractivity contribution in [2.24, 2.45) is 0 Å². The zero-order valence-electron chi connectivity index (χ0n) is 10.6. The molecule has 0 bridgehead atoms. The Morgan fingerprint density at radius 3 is 2.50 bits per heavy atom. The third kappa shape index (κ3) is 2.72. The summed E-state index contributed by atoms with van der Waals surface area (Å²) in [5.74, 6) is -0.239. The van der Waals surface area contributed by atoms with Crippen molar-refractivity contribution in [2.75, 3.05) is 0 Å². The van der Waals surface area contributed by atoms with E-state index in [-0.39, 0.29) is 31.0 Å². The summed E-state index contributed by atoms with van der Waals surface area (Å²) in [5, 5.41) is -0.156. The number of hydrogen-bond donors (Lipinski definition) is 0. The molecule has 3 aromatic rings. The van der Waals surface area contributed by atoms with Crippen LogP contribution >= 0.6 is 34.5 Å². The van der Waals surface area contributed by atoms with Gasteiger partial charge in [0.15, 0.2) is 11.3 Å². The van der Waals surface area contributed by atoms with Crippen LogP contribution in [0.25, 0.3) is 10.3 Å². The van der Waals surface area contributed by atoms with E-state index in [4.69, 9.17) is 31.8 Å². The highest BCUT2D eigenvalue weighted by Crippen LogP contribution is 2.41. The third-order valence-electron chi connectivity index (χ3n) is 2.70. The van der Waals surface area contributed by atoms with E-state index in [0.717, 1.165) is 11.3 Å². The van der Waals surface area contributed by atoms with Crippen molar-refractivity contribution in [3.05, 3.63) is 56.2 Å². The van der Waals surface area contributed by atoms with Gasteiger partial charge in [0.1, 0.15) is 9.92 Å². The normalized spacial score (nSPS) is 11.7. The predicted octanol–water partition coefficient (Wildman–Crippen LogP) is 3.93. The summed E-state index contributed by atoms with van der Waals surface area (Å²) in [7, 11) is -4.09. The van der Waals surface area contributed by atoms with Gasteiger partial charge in [-0.05, 0) is 23.5 Å². The van der Waals surface area contributed by atoms with Gasteiger partial charge >= 0.3 is 15.1 Å². The summed E-state index contributed by atoms with van der Waals surface area (Å²) in [6, 6.07) is 8.84. The molecule has 1 aromatic heterocycles. The van der Waals surface area contributed by atoms with Crippen LogP contribution in [0.3, 0.4) is 0 Å². The van der Waals surface area contributed by atoms with Gasteiger partial charge in [0, 0.05) is 6.07 Å². The Labute approximate surface area is 138 Å². The fourth-order valence-electron chi connectivity index (χ4n) is 1.75. The second-order valence-corrected chi connectivity index (χ2v) is 7.41. The molecule has 0 spiro atoms. The minimum absolute atomic E-state index is 0.0392. The number of rotatable bonds is 3. The van der Waals surface area contributed by atoms with Crippen molar-refractivity contribution in [3.8, 4) is 5.75 Å². The van der Waals surface area contributed by atoms with Gasteiger partial charge in [-0.2, -0.15) is 8.42 Å². The van der Waals surface area contributed by atoms with E-state index in [2.05, 4.69) is 0 Å². The van der Waals surface area contributed by atoms with Gasteiger partial charge in [0.25, 0.3) is 0 Å². The summed E-state index contributed by atoms with van der Waals surface area (Å²) >= 11 is 12.8. The molecule has 0 N–H and O–H groups in total. The number of benzene rings is 2. The molecule has 0 aliphatic rings. The predicted molar refractivity (Wildman–Crippen MR) is 84.6 cm³/mol. The van der Waals surface area contributed by atoms with Gasteiger partial charge in [0.05, 0.1) is 9.72 Å². The molecule has 2 aromatic carbocycles. The van der Waals surface area contributed by atoms with E-state index >= 15 is 0 Å². The Bertz CT molecular complexity index is 1010. The monoisotopic (exact) mass is 376 g/mol. The summed E-state index contributed by atoms with van der Waals surface area (Å²) in [5.41, 5.74) is 0.175. The van der Waals surface area contributed by atoms with Crippen molar-refractivity contribution >= 4 is 54.9 Å². The molecule has 5 nitrogen and oxygen atoms in total. The van der Waals surface area contributed by atoms with Crippen molar-refractivity contribution in [3.63, 3.8) is 0 Å². The molecule has 0 fully saturated rings. The molecule has 0 aliphatic heterocycles. The lowest BCUT2D eigenvalue weighted by Crippen LogP contribution is -2.10. The molecule has 3 rings (SSSR count). The lowest BCUT2D eigenvalue weighted by molar-refractivity contribution is 0.486. The van der Waals surface area contributed by atoms with Gasteiger partial charge in [-0.3, -0.25) is 0 Å². The van der Waals surface area contributed by atoms with Crippen molar-refractivity contribution in [1.82, 2.24) is 0 Å². The van der Waals surface area contributed by atoms with Gasteiger partial charge in [-0.15, -0.1) is 0 Å². The van der Waals surface area contributed by atoms with Crippen LogP contribution < -0.4 is 9.12 Å². The molecule has 0 atom stereocenters. The van der Waals surface area contributed by atoms with E-state index in [1.54, 1.807) is 18.2 Å². The Balaban J connectivity index is 2.13. The maximum absolute atomic E-state index is 12.2. The number of fused-ring (bicyclic) bond motifs is 1. The summed E-state index contributed by atoms with van der Waals surface area (Å²) in [4.78, 5) is 10.6. The highest BCUT2D eigenvalue weighted by atomic mass is 35.5. The smallest absolute Gasteiger partial charge is 0.396 e. The highest BCUT2D eigenvalue weighted by molar-refractivity contribution is 7.87. The zero-order chi connectivity index (χ0) is 15.9. The molecule has 114 valence electrons. The van der Waals surface area contributed by atoms with Crippen molar-refractivity contribution < 1.29 is 17.0 Å². The average molecular weight is 377 g/mol. The quantitative estimate of drug-likeness (QED) is 0.647. The second-order valence-electron chi connectivity index (χ2n) is 4.13. The Morgan fingerprint density at radius 1 is 1.14 bits per heavy atom.